The molecule has 0 spiro atoms. The van der Waals surface area contributed by atoms with Crippen molar-refractivity contribution in [3.05, 3.63) is 38.4 Å². The molecule has 1 aliphatic heterocycles. The topological polar surface area (TPSA) is 67.6 Å². The number of thiophene rings is 1. The third-order valence-corrected chi connectivity index (χ3v) is 5.64. The number of aryl methyl sites for hydroxylation is 2. The standard InChI is InChI=1S/C18H25N3O3S/c1-11(9-23-4)19-18(22)16-10-25-17-8-21(6-5-14(16)17)7-15-12(2)20-24-13(15)3/h10-11H,5-9H2,1-4H3,(H,19,22)/t11-/m1/s1. The summed E-state index contributed by atoms with van der Waals surface area (Å²) in [5.41, 5.74) is 4.15. The van der Waals surface area contributed by atoms with Gasteiger partial charge in [0.2, 0.25) is 0 Å². The van der Waals surface area contributed by atoms with Gasteiger partial charge in [0, 0.05) is 48.6 Å². The largest absolute Gasteiger partial charge is 0.383 e. The molecule has 0 bridgehead atoms. The zero-order valence-electron chi connectivity index (χ0n) is 15.2. The molecule has 1 N–H and O–H groups in total. The number of carbonyl (C=O) groups excluding carboxylic acids is 1. The Bertz CT molecular complexity index is 733. The van der Waals surface area contributed by atoms with Crippen molar-refractivity contribution in [1.29, 1.82) is 0 Å². The molecule has 136 valence electrons. The Morgan fingerprint density at radius 1 is 1.52 bits per heavy atom. The fraction of sp³-hybridized carbons (Fsp3) is 0.556. The molecule has 0 radical (unpaired) electrons. The minimum atomic E-state index is 0.00113. The number of nitrogens with zero attached hydrogens (tertiary/aromatic N) is 2. The van der Waals surface area contributed by atoms with Gasteiger partial charge in [-0.1, -0.05) is 5.16 Å². The molecule has 1 aliphatic rings. The van der Waals surface area contributed by atoms with Crippen molar-refractivity contribution in [2.24, 2.45) is 0 Å². The molecule has 1 amide bonds. The van der Waals surface area contributed by atoms with Gasteiger partial charge in [0.15, 0.2) is 0 Å². The Balaban J connectivity index is 1.67. The maximum Gasteiger partial charge on any atom is 0.252 e. The average Bonchev–Trinajstić information content (AvgIpc) is 3.13. The van der Waals surface area contributed by atoms with Crippen molar-refractivity contribution >= 4 is 17.2 Å². The lowest BCUT2D eigenvalue weighted by atomic mass is 10.0. The summed E-state index contributed by atoms with van der Waals surface area (Å²) < 4.78 is 10.3. The van der Waals surface area contributed by atoms with Crippen LogP contribution in [0.25, 0.3) is 0 Å². The number of ether oxygens (including phenoxy) is 1. The molecule has 2 aromatic heterocycles. The molecule has 25 heavy (non-hydrogen) atoms. The molecule has 0 fully saturated rings. The lowest BCUT2D eigenvalue weighted by Gasteiger charge is -2.27. The summed E-state index contributed by atoms with van der Waals surface area (Å²) in [5.74, 6) is 0.892. The first-order valence-corrected chi connectivity index (χ1v) is 9.40. The van der Waals surface area contributed by atoms with E-state index in [-0.39, 0.29) is 11.9 Å². The normalized spacial score (nSPS) is 15.8. The molecule has 3 rings (SSSR count). The van der Waals surface area contributed by atoms with E-state index in [1.807, 2.05) is 26.2 Å². The van der Waals surface area contributed by atoms with Crippen molar-refractivity contribution in [2.75, 3.05) is 20.3 Å². The second kappa shape index (κ2) is 7.68. The number of rotatable bonds is 6. The number of nitrogens with one attached hydrogen (secondary N) is 1. The van der Waals surface area contributed by atoms with Crippen LogP contribution in [0.3, 0.4) is 0 Å². The van der Waals surface area contributed by atoms with Crippen LogP contribution in [0.2, 0.25) is 0 Å². The summed E-state index contributed by atoms with van der Waals surface area (Å²) >= 11 is 1.67. The summed E-state index contributed by atoms with van der Waals surface area (Å²) in [4.78, 5) is 16.2. The van der Waals surface area contributed by atoms with Gasteiger partial charge in [0.05, 0.1) is 17.9 Å². The zero-order chi connectivity index (χ0) is 18.0. The van der Waals surface area contributed by atoms with Crippen LogP contribution in [0.5, 0.6) is 0 Å². The first kappa shape index (κ1) is 18.1. The predicted molar refractivity (Wildman–Crippen MR) is 96.9 cm³/mol. The van der Waals surface area contributed by atoms with Crippen molar-refractivity contribution in [1.82, 2.24) is 15.4 Å². The molecule has 1 atom stereocenters. The molecule has 6 nitrogen and oxygen atoms in total. The smallest absolute Gasteiger partial charge is 0.252 e. The molecule has 0 saturated heterocycles. The summed E-state index contributed by atoms with van der Waals surface area (Å²) in [7, 11) is 1.64. The fourth-order valence-electron chi connectivity index (χ4n) is 3.25. The highest BCUT2D eigenvalue weighted by Crippen LogP contribution is 2.30. The molecule has 7 heteroatoms. The summed E-state index contributed by atoms with van der Waals surface area (Å²) in [6, 6.07) is 0.00711. The molecule has 3 heterocycles. The van der Waals surface area contributed by atoms with E-state index in [0.29, 0.717) is 6.61 Å². The molecular formula is C18H25N3O3S. The molecular weight excluding hydrogens is 338 g/mol. The van der Waals surface area contributed by atoms with Crippen molar-refractivity contribution < 1.29 is 14.1 Å². The van der Waals surface area contributed by atoms with Gasteiger partial charge >= 0.3 is 0 Å². The Kier molecular flexibility index (Phi) is 5.56. The summed E-state index contributed by atoms with van der Waals surface area (Å²) in [6.45, 7) is 9.04. The van der Waals surface area contributed by atoms with E-state index in [1.165, 1.54) is 16.0 Å². The quantitative estimate of drug-likeness (QED) is 0.855. The number of carbonyl (C=O) groups is 1. The van der Waals surface area contributed by atoms with Gasteiger partial charge in [-0.25, -0.2) is 0 Å². The second-order valence-electron chi connectivity index (χ2n) is 6.64. The van der Waals surface area contributed by atoms with Crippen LogP contribution in [0, 0.1) is 13.8 Å². The third-order valence-electron chi connectivity index (χ3n) is 4.63. The van der Waals surface area contributed by atoms with Crippen LogP contribution in [-0.2, 0) is 24.2 Å². The van der Waals surface area contributed by atoms with E-state index < -0.39 is 0 Å². The Morgan fingerprint density at radius 2 is 2.32 bits per heavy atom. The van der Waals surface area contributed by atoms with Gasteiger partial charge in [0.25, 0.3) is 5.91 Å². The van der Waals surface area contributed by atoms with Crippen LogP contribution >= 0.6 is 11.3 Å². The maximum atomic E-state index is 12.5. The molecule has 2 aromatic rings. The van der Waals surface area contributed by atoms with Gasteiger partial charge in [-0.2, -0.15) is 0 Å². The first-order valence-electron chi connectivity index (χ1n) is 8.52. The first-order chi connectivity index (χ1) is 12.0. The number of amides is 1. The average molecular weight is 363 g/mol. The van der Waals surface area contributed by atoms with E-state index in [2.05, 4.69) is 15.4 Å². The van der Waals surface area contributed by atoms with Crippen LogP contribution in [0.15, 0.2) is 9.90 Å². The highest BCUT2D eigenvalue weighted by Gasteiger charge is 2.25. The lowest BCUT2D eigenvalue weighted by Crippen LogP contribution is -2.36. The SMILES string of the molecule is COC[C@@H](C)NC(=O)c1csc2c1CCN(Cc1c(C)noc1C)C2. The predicted octanol–water partition coefficient (Wildman–Crippen LogP) is 2.68. The minimum absolute atomic E-state index is 0.00113. The van der Waals surface area contributed by atoms with E-state index in [1.54, 1.807) is 18.4 Å². The van der Waals surface area contributed by atoms with Crippen molar-refractivity contribution in [3.63, 3.8) is 0 Å². The Hall–Kier alpha value is -1.70. The second-order valence-corrected chi connectivity index (χ2v) is 7.61. The monoisotopic (exact) mass is 363 g/mol. The van der Waals surface area contributed by atoms with Gasteiger partial charge < -0.3 is 14.6 Å². The Labute approximate surface area is 152 Å². The number of hydrogen-bond donors (Lipinski definition) is 1. The summed E-state index contributed by atoms with van der Waals surface area (Å²) in [5, 5.41) is 9.02. The van der Waals surface area contributed by atoms with Gasteiger partial charge in [0.1, 0.15) is 5.76 Å². The van der Waals surface area contributed by atoms with Crippen molar-refractivity contribution in [3.8, 4) is 0 Å². The molecule has 0 saturated carbocycles. The third kappa shape index (κ3) is 3.94. The highest BCUT2D eigenvalue weighted by atomic mass is 32.1. The van der Waals surface area contributed by atoms with E-state index in [4.69, 9.17) is 9.26 Å². The zero-order valence-corrected chi connectivity index (χ0v) is 16.0. The van der Waals surface area contributed by atoms with Crippen LogP contribution in [0.1, 0.15) is 44.7 Å². The van der Waals surface area contributed by atoms with E-state index in [9.17, 15) is 4.79 Å². The number of methoxy groups -OCH3 is 1. The number of hydrogen-bond acceptors (Lipinski definition) is 6. The van der Waals surface area contributed by atoms with Crippen LogP contribution < -0.4 is 5.32 Å². The number of aromatic nitrogens is 1. The van der Waals surface area contributed by atoms with Crippen molar-refractivity contribution in [2.45, 2.75) is 46.3 Å². The minimum Gasteiger partial charge on any atom is -0.383 e. The lowest BCUT2D eigenvalue weighted by molar-refractivity contribution is 0.0904. The van der Waals surface area contributed by atoms with Gasteiger partial charge in [-0.05, 0) is 32.8 Å². The molecule has 0 aliphatic carbocycles. The number of fused-ring (bicyclic) bond motifs is 1. The Morgan fingerprint density at radius 3 is 3.00 bits per heavy atom. The van der Waals surface area contributed by atoms with Gasteiger partial charge in [-0.15, -0.1) is 11.3 Å². The van der Waals surface area contributed by atoms with Gasteiger partial charge in [-0.3, -0.25) is 9.69 Å². The van der Waals surface area contributed by atoms with E-state index >= 15 is 0 Å². The highest BCUT2D eigenvalue weighted by molar-refractivity contribution is 7.10. The maximum absolute atomic E-state index is 12.5. The van der Waals surface area contributed by atoms with Crippen LogP contribution in [0.4, 0.5) is 0 Å². The fourth-order valence-corrected chi connectivity index (χ4v) is 4.37. The molecule has 0 unspecified atom stereocenters. The van der Waals surface area contributed by atoms with E-state index in [0.717, 1.165) is 43.1 Å². The molecule has 0 aromatic carbocycles. The van der Waals surface area contributed by atoms with Crippen LogP contribution in [-0.4, -0.2) is 42.3 Å². The summed E-state index contributed by atoms with van der Waals surface area (Å²) in [6.07, 6.45) is 0.892.